The molecule has 160 valence electrons. The first-order chi connectivity index (χ1) is 15.7. The molecule has 1 aliphatic heterocycles. The largest absolute Gasteiger partial charge is 0.353 e. The Bertz CT molecular complexity index is 1190. The van der Waals surface area contributed by atoms with Crippen LogP contribution < -0.4 is 10.2 Å². The highest BCUT2D eigenvalue weighted by atomic mass is 16.1. The fourth-order valence-electron chi connectivity index (χ4n) is 4.02. The summed E-state index contributed by atoms with van der Waals surface area (Å²) in [5.74, 6) is 7.66. The topological polar surface area (TPSA) is 58.1 Å². The second-order valence-corrected chi connectivity index (χ2v) is 8.44. The Balaban J connectivity index is 1.48. The van der Waals surface area contributed by atoms with Crippen molar-refractivity contribution in [3.8, 4) is 11.8 Å². The number of carbonyl (C=O) groups excluding carboxylic acids is 1. The van der Waals surface area contributed by atoms with Gasteiger partial charge in [-0.1, -0.05) is 42.2 Å². The number of piperazine rings is 1. The predicted molar refractivity (Wildman–Crippen MR) is 126 cm³/mol. The maximum Gasteiger partial charge on any atom is 0.214 e. The lowest BCUT2D eigenvalue weighted by Crippen LogP contribution is -2.46. The van der Waals surface area contributed by atoms with Gasteiger partial charge in [-0.05, 0) is 49.6 Å². The summed E-state index contributed by atoms with van der Waals surface area (Å²) in [6, 6.07) is 18.2. The van der Waals surface area contributed by atoms with Crippen molar-refractivity contribution >= 4 is 11.6 Å². The van der Waals surface area contributed by atoms with Gasteiger partial charge in [0.1, 0.15) is 11.5 Å². The number of rotatable bonds is 4. The monoisotopic (exact) mass is 422 g/mol. The Morgan fingerprint density at radius 2 is 1.94 bits per heavy atom. The van der Waals surface area contributed by atoms with Gasteiger partial charge in [0.05, 0.1) is 5.56 Å². The lowest BCUT2D eigenvalue weighted by Gasteiger charge is -2.35. The summed E-state index contributed by atoms with van der Waals surface area (Å²) >= 11 is 0. The summed E-state index contributed by atoms with van der Waals surface area (Å²) in [4.78, 5) is 24.9. The zero-order chi connectivity index (χ0) is 21.9. The molecule has 0 spiro atoms. The number of carbonyl (C=O) groups is 1. The molecule has 1 aliphatic carbocycles. The summed E-state index contributed by atoms with van der Waals surface area (Å²) in [6.07, 6.45) is 3.99. The van der Waals surface area contributed by atoms with E-state index in [-0.39, 0.29) is 11.8 Å². The third-order valence-electron chi connectivity index (χ3n) is 6.04. The second-order valence-electron chi connectivity index (χ2n) is 8.44. The van der Waals surface area contributed by atoms with Crippen molar-refractivity contribution in [3.63, 3.8) is 0 Å². The molecule has 0 amide bonds. The van der Waals surface area contributed by atoms with E-state index in [2.05, 4.69) is 51.3 Å². The molecule has 1 atom stereocenters. The van der Waals surface area contributed by atoms with Gasteiger partial charge >= 0.3 is 0 Å². The second kappa shape index (κ2) is 8.94. The minimum atomic E-state index is -0.118. The van der Waals surface area contributed by atoms with Gasteiger partial charge in [-0.2, -0.15) is 0 Å². The van der Waals surface area contributed by atoms with Crippen LogP contribution in [0.25, 0.3) is 0 Å². The van der Waals surface area contributed by atoms with Crippen molar-refractivity contribution in [1.29, 1.82) is 0 Å². The molecule has 5 rings (SSSR count). The molecule has 5 heteroatoms. The van der Waals surface area contributed by atoms with E-state index in [1.165, 1.54) is 5.56 Å². The number of anilines is 1. The number of hydrogen-bond acceptors (Lipinski definition) is 5. The zero-order valence-corrected chi connectivity index (χ0v) is 18.2. The average molecular weight is 423 g/mol. The smallest absolute Gasteiger partial charge is 0.214 e. The third kappa shape index (κ3) is 4.42. The molecule has 3 heterocycles. The van der Waals surface area contributed by atoms with Crippen LogP contribution in [0, 0.1) is 24.7 Å². The Morgan fingerprint density at radius 3 is 2.72 bits per heavy atom. The summed E-state index contributed by atoms with van der Waals surface area (Å²) in [6.45, 7) is 4.34. The molecule has 3 aromatic rings. The molecule has 32 heavy (non-hydrogen) atoms. The van der Waals surface area contributed by atoms with Gasteiger partial charge < -0.3 is 10.2 Å². The Labute approximate surface area is 188 Å². The third-order valence-corrected chi connectivity index (χ3v) is 6.04. The van der Waals surface area contributed by atoms with Crippen LogP contribution in [-0.2, 0) is 0 Å². The summed E-state index contributed by atoms with van der Waals surface area (Å²) < 4.78 is 0. The van der Waals surface area contributed by atoms with Gasteiger partial charge in [0.2, 0.25) is 5.78 Å². The number of aromatic nitrogens is 2. The molecule has 1 saturated heterocycles. The molecule has 2 aromatic heterocycles. The molecule has 1 N–H and O–H groups in total. The number of nitrogens with one attached hydrogen (secondary N) is 1. The van der Waals surface area contributed by atoms with E-state index in [1.807, 2.05) is 31.2 Å². The predicted octanol–water partition coefficient (Wildman–Crippen LogP) is 3.93. The van der Waals surface area contributed by atoms with Gasteiger partial charge in [0.25, 0.3) is 0 Å². The average Bonchev–Trinajstić information content (AvgIpc) is 3.68. The van der Waals surface area contributed by atoms with Gasteiger partial charge in [0, 0.05) is 49.0 Å². The normalized spacial score (nSPS) is 18.0. The molecule has 0 bridgehead atoms. The number of hydrogen-bond donors (Lipinski definition) is 1. The van der Waals surface area contributed by atoms with Gasteiger partial charge in [-0.3, -0.25) is 9.78 Å². The molecule has 1 unspecified atom stereocenters. The van der Waals surface area contributed by atoms with E-state index in [1.54, 1.807) is 12.3 Å². The van der Waals surface area contributed by atoms with E-state index < -0.39 is 0 Å². The van der Waals surface area contributed by atoms with Crippen molar-refractivity contribution in [3.05, 3.63) is 88.9 Å². The number of pyridine rings is 2. The minimum Gasteiger partial charge on any atom is -0.353 e. The van der Waals surface area contributed by atoms with Gasteiger partial charge in [0.15, 0.2) is 0 Å². The Morgan fingerprint density at radius 1 is 1.09 bits per heavy atom. The van der Waals surface area contributed by atoms with Crippen molar-refractivity contribution in [1.82, 2.24) is 15.3 Å². The lowest BCUT2D eigenvalue weighted by atomic mass is 10.0. The number of aryl methyl sites for hydroxylation is 1. The maximum atomic E-state index is 13.5. The summed E-state index contributed by atoms with van der Waals surface area (Å²) in [7, 11) is 0. The molecule has 2 aliphatic rings. The molecule has 0 radical (unpaired) electrons. The minimum absolute atomic E-state index is 0.118. The van der Waals surface area contributed by atoms with Crippen molar-refractivity contribution in [2.45, 2.75) is 25.8 Å². The van der Waals surface area contributed by atoms with Crippen molar-refractivity contribution in [2.24, 2.45) is 5.92 Å². The molecule has 2 fully saturated rings. The van der Waals surface area contributed by atoms with Gasteiger partial charge in [-0.15, -0.1) is 0 Å². The van der Waals surface area contributed by atoms with Crippen LogP contribution in [0.3, 0.4) is 0 Å². The Kier molecular flexibility index (Phi) is 5.70. The number of benzene rings is 1. The van der Waals surface area contributed by atoms with Crippen LogP contribution >= 0.6 is 0 Å². The van der Waals surface area contributed by atoms with Crippen LogP contribution in [0.1, 0.15) is 51.8 Å². The fraction of sp³-hybridized carbons (Fsp3) is 0.296. The first-order valence-electron chi connectivity index (χ1n) is 11.2. The SMILES string of the molecule is Cc1ncccc1C(=O)c1nc(N2CCNC(c3ccccc3)C2)ccc1C#CC1CC1. The quantitative estimate of drug-likeness (QED) is 0.510. The highest BCUT2D eigenvalue weighted by Gasteiger charge is 2.24. The van der Waals surface area contributed by atoms with E-state index >= 15 is 0 Å². The van der Waals surface area contributed by atoms with Crippen molar-refractivity contribution < 1.29 is 4.79 Å². The maximum absolute atomic E-state index is 13.5. The van der Waals surface area contributed by atoms with Gasteiger partial charge in [-0.25, -0.2) is 4.98 Å². The molecular weight excluding hydrogens is 396 g/mol. The van der Waals surface area contributed by atoms with Crippen LogP contribution in [0.5, 0.6) is 0 Å². The number of ketones is 1. The highest BCUT2D eigenvalue weighted by Crippen LogP contribution is 2.28. The zero-order valence-electron chi connectivity index (χ0n) is 18.2. The van der Waals surface area contributed by atoms with E-state index in [4.69, 9.17) is 4.98 Å². The van der Waals surface area contributed by atoms with Crippen molar-refractivity contribution in [2.75, 3.05) is 24.5 Å². The van der Waals surface area contributed by atoms with Crippen LogP contribution in [-0.4, -0.2) is 35.4 Å². The first kappa shape index (κ1) is 20.4. The standard InChI is InChI=1S/C27H26N4O/c1-19-23(8-5-15-28-19)27(32)26-22(12-11-20-9-10-20)13-14-25(30-26)31-17-16-29-24(18-31)21-6-3-2-4-7-21/h2-8,13-15,20,24,29H,9-10,16-18H2,1H3. The number of nitrogens with zero attached hydrogens (tertiary/aromatic N) is 3. The lowest BCUT2D eigenvalue weighted by molar-refractivity contribution is 0.103. The summed E-state index contributed by atoms with van der Waals surface area (Å²) in [5.41, 5.74) is 3.66. The van der Waals surface area contributed by atoms with E-state index in [0.29, 0.717) is 28.4 Å². The first-order valence-corrected chi connectivity index (χ1v) is 11.2. The van der Waals surface area contributed by atoms with Crippen LogP contribution in [0.2, 0.25) is 0 Å². The van der Waals surface area contributed by atoms with E-state index in [0.717, 1.165) is 38.3 Å². The fourth-order valence-corrected chi connectivity index (χ4v) is 4.02. The molecule has 1 saturated carbocycles. The molecule has 1 aromatic carbocycles. The summed E-state index contributed by atoms with van der Waals surface area (Å²) in [5, 5.41) is 3.59. The highest BCUT2D eigenvalue weighted by molar-refractivity contribution is 6.10. The van der Waals surface area contributed by atoms with E-state index in [9.17, 15) is 4.79 Å². The molecule has 5 nitrogen and oxygen atoms in total. The Hall–Kier alpha value is -3.49. The molecular formula is C27H26N4O. The van der Waals surface area contributed by atoms with Crippen LogP contribution in [0.4, 0.5) is 5.82 Å². The van der Waals surface area contributed by atoms with Crippen LogP contribution in [0.15, 0.2) is 60.8 Å².